The van der Waals surface area contributed by atoms with Gasteiger partial charge in [0, 0.05) is 23.7 Å². The van der Waals surface area contributed by atoms with Crippen molar-refractivity contribution in [3.8, 4) is 0 Å². The first-order valence-electron chi connectivity index (χ1n) is 6.61. The highest BCUT2D eigenvalue weighted by Gasteiger charge is 2.17. The minimum atomic E-state index is -0.657. The lowest BCUT2D eigenvalue weighted by atomic mass is 9.89. The minimum absolute atomic E-state index is 0.0997. The monoisotopic (exact) mass is 285 g/mol. The lowest BCUT2D eigenvalue weighted by Gasteiger charge is -2.23. The van der Waals surface area contributed by atoms with Crippen LogP contribution in [0.1, 0.15) is 38.9 Å². The highest BCUT2D eigenvalue weighted by atomic mass is 35.5. The van der Waals surface area contributed by atoms with Crippen molar-refractivity contribution in [3.63, 3.8) is 0 Å². The molecule has 0 aliphatic carbocycles. The molecule has 3 N–H and O–H groups in total. The minimum Gasteiger partial charge on any atom is -0.392 e. The SMILES string of the molecule is CC(C)(C)CC(O)CNCC(O)c1ccccc1Cl. The van der Waals surface area contributed by atoms with E-state index in [1.807, 2.05) is 12.1 Å². The molecule has 0 bridgehead atoms. The van der Waals surface area contributed by atoms with Gasteiger partial charge in [-0.15, -0.1) is 0 Å². The van der Waals surface area contributed by atoms with E-state index in [-0.39, 0.29) is 5.41 Å². The number of hydrogen-bond acceptors (Lipinski definition) is 3. The van der Waals surface area contributed by atoms with Crippen molar-refractivity contribution in [1.29, 1.82) is 0 Å². The molecular formula is C15H24ClNO2. The van der Waals surface area contributed by atoms with Gasteiger partial charge in [-0.3, -0.25) is 0 Å². The van der Waals surface area contributed by atoms with E-state index in [0.717, 1.165) is 6.42 Å². The Morgan fingerprint density at radius 2 is 1.79 bits per heavy atom. The number of benzene rings is 1. The Morgan fingerprint density at radius 1 is 1.16 bits per heavy atom. The van der Waals surface area contributed by atoms with Crippen molar-refractivity contribution in [1.82, 2.24) is 5.32 Å². The zero-order valence-electron chi connectivity index (χ0n) is 11.9. The van der Waals surface area contributed by atoms with Gasteiger partial charge in [0.1, 0.15) is 0 Å². The molecule has 4 heteroatoms. The molecule has 0 heterocycles. The van der Waals surface area contributed by atoms with E-state index in [2.05, 4.69) is 26.1 Å². The molecule has 0 saturated carbocycles. The molecule has 0 saturated heterocycles. The van der Waals surface area contributed by atoms with Gasteiger partial charge in [-0.1, -0.05) is 50.6 Å². The molecule has 0 radical (unpaired) electrons. The maximum Gasteiger partial charge on any atom is 0.0928 e. The lowest BCUT2D eigenvalue weighted by molar-refractivity contribution is 0.111. The smallest absolute Gasteiger partial charge is 0.0928 e. The lowest BCUT2D eigenvalue weighted by Crippen LogP contribution is -2.32. The molecule has 0 spiro atoms. The third-order valence-corrected chi connectivity index (χ3v) is 3.17. The van der Waals surface area contributed by atoms with E-state index < -0.39 is 12.2 Å². The molecule has 2 unspecified atom stereocenters. The van der Waals surface area contributed by atoms with Crippen LogP contribution in [-0.2, 0) is 0 Å². The molecule has 19 heavy (non-hydrogen) atoms. The van der Waals surface area contributed by atoms with E-state index in [4.69, 9.17) is 11.6 Å². The van der Waals surface area contributed by atoms with Gasteiger partial charge in [0.05, 0.1) is 12.2 Å². The van der Waals surface area contributed by atoms with Crippen molar-refractivity contribution in [2.75, 3.05) is 13.1 Å². The van der Waals surface area contributed by atoms with Crippen LogP contribution in [-0.4, -0.2) is 29.4 Å². The number of aliphatic hydroxyl groups excluding tert-OH is 2. The maximum absolute atomic E-state index is 10.0. The molecule has 108 valence electrons. The number of aliphatic hydroxyl groups is 2. The Hall–Kier alpha value is -0.610. The summed E-state index contributed by atoms with van der Waals surface area (Å²) in [7, 11) is 0. The second kappa shape index (κ2) is 7.25. The summed E-state index contributed by atoms with van der Waals surface area (Å²) >= 11 is 6.01. The van der Waals surface area contributed by atoms with Crippen LogP contribution in [0.2, 0.25) is 5.02 Å². The van der Waals surface area contributed by atoms with Gasteiger partial charge in [-0.25, -0.2) is 0 Å². The summed E-state index contributed by atoms with van der Waals surface area (Å²) in [5.74, 6) is 0. The Morgan fingerprint density at radius 3 is 2.37 bits per heavy atom. The topological polar surface area (TPSA) is 52.5 Å². The Bertz CT molecular complexity index is 390. The zero-order valence-corrected chi connectivity index (χ0v) is 12.6. The first-order chi connectivity index (χ1) is 8.79. The van der Waals surface area contributed by atoms with Gasteiger partial charge in [0.25, 0.3) is 0 Å². The average molecular weight is 286 g/mol. The molecule has 3 nitrogen and oxygen atoms in total. The molecule has 1 rings (SSSR count). The van der Waals surface area contributed by atoms with Gasteiger partial charge in [-0.2, -0.15) is 0 Å². The second-order valence-electron chi connectivity index (χ2n) is 6.11. The molecule has 1 aromatic rings. The molecule has 1 aromatic carbocycles. The number of rotatable bonds is 6. The van der Waals surface area contributed by atoms with E-state index in [1.165, 1.54) is 0 Å². The first kappa shape index (κ1) is 16.4. The van der Waals surface area contributed by atoms with Gasteiger partial charge in [0.15, 0.2) is 0 Å². The van der Waals surface area contributed by atoms with E-state index in [9.17, 15) is 10.2 Å². The predicted molar refractivity (Wildman–Crippen MR) is 79.4 cm³/mol. The molecule has 2 atom stereocenters. The van der Waals surface area contributed by atoms with Crippen molar-refractivity contribution in [2.45, 2.75) is 39.4 Å². The predicted octanol–water partition coefficient (Wildman–Crippen LogP) is 2.76. The average Bonchev–Trinajstić information content (AvgIpc) is 2.26. The summed E-state index contributed by atoms with van der Waals surface area (Å²) in [4.78, 5) is 0. The van der Waals surface area contributed by atoms with Crippen LogP contribution in [0.4, 0.5) is 0 Å². The van der Waals surface area contributed by atoms with Crippen molar-refractivity contribution >= 4 is 11.6 Å². The second-order valence-corrected chi connectivity index (χ2v) is 6.52. The Balaban J connectivity index is 2.35. The number of nitrogens with one attached hydrogen (secondary N) is 1. The van der Waals surface area contributed by atoms with Gasteiger partial charge in [0.2, 0.25) is 0 Å². The Labute approximate surface area is 120 Å². The summed E-state index contributed by atoms with van der Waals surface area (Å²) in [6.07, 6.45) is -0.337. The normalized spacial score (nSPS) is 15.3. The van der Waals surface area contributed by atoms with Crippen LogP contribution in [0, 0.1) is 5.41 Å². The highest BCUT2D eigenvalue weighted by Crippen LogP contribution is 2.22. The van der Waals surface area contributed by atoms with Gasteiger partial charge in [-0.05, 0) is 17.9 Å². The molecular weight excluding hydrogens is 262 g/mol. The highest BCUT2D eigenvalue weighted by molar-refractivity contribution is 6.31. The zero-order chi connectivity index (χ0) is 14.5. The van der Waals surface area contributed by atoms with E-state index in [1.54, 1.807) is 12.1 Å². The third-order valence-electron chi connectivity index (χ3n) is 2.83. The number of halogens is 1. The summed E-state index contributed by atoms with van der Waals surface area (Å²) in [6.45, 7) is 7.13. The molecule has 0 amide bonds. The van der Waals surface area contributed by atoms with Crippen LogP contribution in [0.3, 0.4) is 0 Å². The fraction of sp³-hybridized carbons (Fsp3) is 0.600. The molecule has 0 aliphatic rings. The van der Waals surface area contributed by atoms with Crippen LogP contribution < -0.4 is 5.32 Å². The summed E-state index contributed by atoms with van der Waals surface area (Å²) in [6, 6.07) is 7.24. The number of hydrogen-bond donors (Lipinski definition) is 3. The quantitative estimate of drug-likeness (QED) is 0.753. The van der Waals surface area contributed by atoms with Crippen LogP contribution >= 0.6 is 11.6 Å². The van der Waals surface area contributed by atoms with Crippen molar-refractivity contribution in [2.24, 2.45) is 5.41 Å². The third kappa shape index (κ3) is 6.39. The van der Waals surface area contributed by atoms with E-state index >= 15 is 0 Å². The first-order valence-corrected chi connectivity index (χ1v) is 6.98. The standard InChI is InChI=1S/C15H24ClNO2/c1-15(2,3)8-11(18)9-17-10-14(19)12-6-4-5-7-13(12)16/h4-7,11,14,17-19H,8-10H2,1-3H3. The van der Waals surface area contributed by atoms with E-state index in [0.29, 0.717) is 23.7 Å². The summed E-state index contributed by atoms with van der Waals surface area (Å²) < 4.78 is 0. The van der Waals surface area contributed by atoms with Crippen molar-refractivity contribution < 1.29 is 10.2 Å². The van der Waals surface area contributed by atoms with Crippen molar-refractivity contribution in [3.05, 3.63) is 34.9 Å². The van der Waals surface area contributed by atoms with Crippen LogP contribution in [0.15, 0.2) is 24.3 Å². The van der Waals surface area contributed by atoms with Gasteiger partial charge >= 0.3 is 0 Å². The van der Waals surface area contributed by atoms with Crippen LogP contribution in [0.25, 0.3) is 0 Å². The largest absolute Gasteiger partial charge is 0.392 e. The molecule has 0 aliphatic heterocycles. The summed E-state index contributed by atoms with van der Waals surface area (Å²) in [5.41, 5.74) is 0.810. The van der Waals surface area contributed by atoms with Crippen LogP contribution in [0.5, 0.6) is 0 Å². The summed E-state index contributed by atoms with van der Waals surface area (Å²) in [5, 5.41) is 23.5. The molecule has 0 aromatic heterocycles. The van der Waals surface area contributed by atoms with Gasteiger partial charge < -0.3 is 15.5 Å². The molecule has 0 fully saturated rings. The fourth-order valence-corrected chi connectivity index (χ4v) is 2.28. The Kier molecular flexibility index (Phi) is 6.27. The maximum atomic E-state index is 10.0. The fourth-order valence-electron chi connectivity index (χ4n) is 2.02.